The van der Waals surface area contributed by atoms with E-state index in [1.165, 1.54) is 9.80 Å². The first-order chi connectivity index (χ1) is 12.6. The average Bonchev–Trinajstić information content (AvgIpc) is 3.43. The van der Waals surface area contributed by atoms with Gasteiger partial charge >= 0.3 is 0 Å². The summed E-state index contributed by atoms with van der Waals surface area (Å²) in [5.74, 6) is -0.602. The van der Waals surface area contributed by atoms with Gasteiger partial charge in [0.1, 0.15) is 0 Å². The smallest absolute Gasteiger partial charge is 0.233 e. The number of carbonyl (C=O) groups excluding carboxylic acids is 4. The number of likely N-dealkylation sites (tertiary alicyclic amines) is 2. The van der Waals surface area contributed by atoms with Crippen LogP contribution in [0.4, 0.5) is 0 Å². The summed E-state index contributed by atoms with van der Waals surface area (Å²) in [7, 11) is 0. The maximum absolute atomic E-state index is 12.7. The van der Waals surface area contributed by atoms with Crippen molar-refractivity contribution in [3.63, 3.8) is 0 Å². The summed E-state index contributed by atoms with van der Waals surface area (Å²) in [6, 6.07) is 0. The fourth-order valence-electron chi connectivity index (χ4n) is 6.57. The van der Waals surface area contributed by atoms with Crippen molar-refractivity contribution in [3.05, 3.63) is 24.3 Å². The highest BCUT2D eigenvalue weighted by Gasteiger charge is 2.61. The number of amides is 4. The van der Waals surface area contributed by atoms with Crippen LogP contribution < -0.4 is 0 Å². The van der Waals surface area contributed by atoms with Crippen LogP contribution in [0, 0.1) is 47.3 Å². The highest BCUT2D eigenvalue weighted by molar-refractivity contribution is 6.08. The van der Waals surface area contributed by atoms with Crippen LogP contribution in [0.2, 0.25) is 0 Å². The largest absolute Gasteiger partial charge is 0.280 e. The molecule has 4 aliphatic carbocycles. The van der Waals surface area contributed by atoms with E-state index in [9.17, 15) is 19.2 Å². The molecule has 0 spiro atoms. The predicted octanol–water partition coefficient (Wildman–Crippen LogP) is 0.601. The Kier molecular flexibility index (Phi) is 2.70. The Hall–Kier alpha value is -2.24. The SMILES string of the molecule is O=C1C2C3C=CC(C3)C2C(=O)N1CCN1C(=O)C2C3C=CC(C3)C2C1=O. The number of fused-ring (bicyclic) bond motifs is 10. The van der Waals surface area contributed by atoms with Gasteiger partial charge in [-0.15, -0.1) is 0 Å². The molecule has 0 aromatic heterocycles. The summed E-state index contributed by atoms with van der Waals surface area (Å²) in [4.78, 5) is 53.6. The van der Waals surface area contributed by atoms with E-state index < -0.39 is 0 Å². The minimum absolute atomic E-state index is 0.113. The Bertz CT molecular complexity index is 702. The lowest BCUT2D eigenvalue weighted by atomic mass is 9.85. The Morgan fingerprint density at radius 2 is 0.846 bits per heavy atom. The summed E-state index contributed by atoms with van der Waals surface area (Å²) in [5, 5.41) is 0. The summed E-state index contributed by atoms with van der Waals surface area (Å²) in [6.45, 7) is 0.285. The molecule has 8 atom stereocenters. The van der Waals surface area contributed by atoms with Crippen LogP contribution in [0.25, 0.3) is 0 Å². The molecule has 2 aliphatic heterocycles. The van der Waals surface area contributed by atoms with Crippen LogP contribution in [0.1, 0.15) is 12.8 Å². The van der Waals surface area contributed by atoms with Gasteiger partial charge in [-0.25, -0.2) is 0 Å². The number of nitrogens with zero attached hydrogens (tertiary/aromatic N) is 2. The van der Waals surface area contributed by atoms with Crippen molar-refractivity contribution in [1.29, 1.82) is 0 Å². The van der Waals surface area contributed by atoms with Crippen LogP contribution >= 0.6 is 0 Å². The molecule has 2 heterocycles. The lowest BCUT2D eigenvalue weighted by Gasteiger charge is -2.22. The van der Waals surface area contributed by atoms with E-state index in [0.29, 0.717) is 0 Å². The normalized spacial score (nSPS) is 47.1. The van der Waals surface area contributed by atoms with Crippen molar-refractivity contribution in [2.45, 2.75) is 12.8 Å². The molecule has 4 bridgehead atoms. The highest BCUT2D eigenvalue weighted by atomic mass is 16.2. The molecule has 0 radical (unpaired) electrons. The fraction of sp³-hybridized carbons (Fsp3) is 0.600. The van der Waals surface area contributed by atoms with Crippen molar-refractivity contribution < 1.29 is 19.2 Å². The van der Waals surface area contributed by atoms with Crippen molar-refractivity contribution in [1.82, 2.24) is 9.80 Å². The first-order valence-corrected chi connectivity index (χ1v) is 9.63. The zero-order chi connectivity index (χ0) is 17.7. The number of allylic oxidation sites excluding steroid dienone is 4. The van der Waals surface area contributed by atoms with Crippen LogP contribution in [0.3, 0.4) is 0 Å². The van der Waals surface area contributed by atoms with Crippen LogP contribution in [0.15, 0.2) is 24.3 Å². The molecule has 6 nitrogen and oxygen atoms in total. The van der Waals surface area contributed by atoms with Gasteiger partial charge in [0.15, 0.2) is 0 Å². The molecule has 8 unspecified atom stereocenters. The molecule has 6 rings (SSSR count). The molecule has 0 aromatic rings. The van der Waals surface area contributed by atoms with Crippen molar-refractivity contribution in [3.8, 4) is 0 Å². The highest BCUT2D eigenvalue weighted by Crippen LogP contribution is 2.53. The Balaban J connectivity index is 1.19. The van der Waals surface area contributed by atoms with E-state index in [2.05, 4.69) is 24.3 Å². The Morgan fingerprint density at radius 1 is 0.577 bits per heavy atom. The van der Waals surface area contributed by atoms with Gasteiger partial charge in [0.05, 0.1) is 23.7 Å². The summed E-state index contributed by atoms with van der Waals surface area (Å²) in [6.07, 6.45) is 10.1. The molecule has 0 N–H and O–H groups in total. The van der Waals surface area contributed by atoms with Gasteiger partial charge in [-0.2, -0.15) is 0 Å². The molecule has 2 saturated carbocycles. The first-order valence-electron chi connectivity index (χ1n) is 9.63. The lowest BCUT2D eigenvalue weighted by Crippen LogP contribution is -2.42. The summed E-state index contributed by atoms with van der Waals surface area (Å²) < 4.78 is 0. The molecule has 4 fully saturated rings. The summed E-state index contributed by atoms with van der Waals surface area (Å²) >= 11 is 0. The quantitative estimate of drug-likeness (QED) is 0.551. The third-order valence-corrected chi connectivity index (χ3v) is 7.67. The maximum atomic E-state index is 12.7. The number of hydrogen-bond acceptors (Lipinski definition) is 4. The number of hydrogen-bond donors (Lipinski definition) is 0. The lowest BCUT2D eigenvalue weighted by molar-refractivity contribution is -0.146. The second-order valence-corrected chi connectivity index (χ2v) is 8.66. The van der Waals surface area contributed by atoms with Gasteiger partial charge in [-0.3, -0.25) is 29.0 Å². The third kappa shape index (κ3) is 1.59. The average molecular weight is 352 g/mol. The predicted molar refractivity (Wildman–Crippen MR) is 88.9 cm³/mol. The van der Waals surface area contributed by atoms with Gasteiger partial charge in [-0.05, 0) is 36.5 Å². The van der Waals surface area contributed by atoms with Gasteiger partial charge in [-0.1, -0.05) is 24.3 Å². The molecular weight excluding hydrogens is 332 g/mol. The monoisotopic (exact) mass is 352 g/mol. The van der Waals surface area contributed by atoms with Gasteiger partial charge < -0.3 is 0 Å². The fourth-order valence-corrected chi connectivity index (χ4v) is 6.57. The molecule has 26 heavy (non-hydrogen) atoms. The molecule has 6 aliphatic rings. The minimum Gasteiger partial charge on any atom is -0.280 e. The standard InChI is InChI=1S/C20H20N2O4/c23-17-13-9-1-2-10(7-9)14(13)18(24)21(17)5-6-22-19(25)15-11-3-4-12(8-11)16(15)20(22)26/h1-4,9-16H,5-8H2. The molecular formula is C20H20N2O4. The summed E-state index contributed by atoms with van der Waals surface area (Å²) in [5.41, 5.74) is 0. The van der Waals surface area contributed by atoms with Crippen LogP contribution in [-0.4, -0.2) is 46.5 Å². The molecule has 0 aromatic carbocycles. The number of rotatable bonds is 3. The van der Waals surface area contributed by atoms with E-state index in [1.54, 1.807) is 0 Å². The zero-order valence-corrected chi connectivity index (χ0v) is 14.3. The topological polar surface area (TPSA) is 74.8 Å². The van der Waals surface area contributed by atoms with Crippen LogP contribution in [0.5, 0.6) is 0 Å². The third-order valence-electron chi connectivity index (χ3n) is 7.67. The van der Waals surface area contributed by atoms with Gasteiger partial charge in [0.2, 0.25) is 23.6 Å². The maximum Gasteiger partial charge on any atom is 0.233 e. The van der Waals surface area contributed by atoms with E-state index in [1.807, 2.05) is 0 Å². The number of carbonyl (C=O) groups is 4. The van der Waals surface area contributed by atoms with Gasteiger partial charge in [0.25, 0.3) is 0 Å². The van der Waals surface area contributed by atoms with Crippen LogP contribution in [-0.2, 0) is 19.2 Å². The minimum atomic E-state index is -0.220. The second-order valence-electron chi connectivity index (χ2n) is 8.66. The zero-order valence-electron chi connectivity index (χ0n) is 14.3. The molecule has 2 saturated heterocycles. The molecule has 134 valence electrons. The Morgan fingerprint density at radius 3 is 1.12 bits per heavy atom. The van der Waals surface area contributed by atoms with Crippen molar-refractivity contribution >= 4 is 23.6 Å². The first kappa shape index (κ1) is 14.9. The van der Waals surface area contributed by atoms with Gasteiger partial charge in [0, 0.05) is 13.1 Å². The second kappa shape index (κ2) is 4.72. The number of imide groups is 2. The van der Waals surface area contributed by atoms with E-state index in [4.69, 9.17) is 0 Å². The van der Waals surface area contributed by atoms with E-state index in [0.717, 1.165) is 12.8 Å². The van der Waals surface area contributed by atoms with E-state index >= 15 is 0 Å². The van der Waals surface area contributed by atoms with E-state index in [-0.39, 0.29) is 84.1 Å². The van der Waals surface area contributed by atoms with Crippen molar-refractivity contribution in [2.75, 3.05) is 13.1 Å². The molecule has 6 heteroatoms. The molecule has 4 amide bonds. The van der Waals surface area contributed by atoms with Crippen molar-refractivity contribution in [2.24, 2.45) is 47.3 Å². The Labute approximate surface area is 150 Å².